The van der Waals surface area contributed by atoms with E-state index in [1.54, 1.807) is 30.3 Å². The molecular weight excluding hydrogens is 460 g/mol. The zero-order chi connectivity index (χ0) is 24.1. The molecule has 0 aliphatic carbocycles. The molecule has 0 saturated carbocycles. The summed E-state index contributed by atoms with van der Waals surface area (Å²) in [5, 5.41) is 2.76. The molecule has 178 valence electrons. The van der Waals surface area contributed by atoms with Crippen LogP contribution in [0.5, 0.6) is 23.0 Å². The molecule has 0 unspecified atom stereocenters. The Bertz CT molecular complexity index is 1290. The number of rotatable bonds is 7. The van der Waals surface area contributed by atoms with Crippen molar-refractivity contribution < 1.29 is 32.2 Å². The molecule has 0 fully saturated rings. The van der Waals surface area contributed by atoms with Gasteiger partial charge in [0.1, 0.15) is 11.5 Å². The zero-order valence-corrected chi connectivity index (χ0v) is 19.5. The Labute approximate surface area is 197 Å². The molecule has 9 nitrogen and oxygen atoms in total. The first-order valence-electron chi connectivity index (χ1n) is 10.5. The van der Waals surface area contributed by atoms with Gasteiger partial charge in [0.2, 0.25) is 0 Å². The van der Waals surface area contributed by atoms with E-state index in [9.17, 15) is 13.2 Å². The van der Waals surface area contributed by atoms with Crippen LogP contribution in [0.4, 0.5) is 11.4 Å². The topological polar surface area (TPSA) is 112 Å². The standard InChI is InChI=1S/C24H24N2O7S/c1-30-21-15-19(22(31-2)14-18(21)25-24(27)16-7-4-3-5-8-16)26-34(28,29)17-9-10-20-23(13-17)33-12-6-11-32-20/h3-5,7-10,13-15,26H,6,11-12H2,1-2H3,(H,25,27). The van der Waals surface area contributed by atoms with Crippen molar-refractivity contribution >= 4 is 27.3 Å². The molecule has 0 radical (unpaired) electrons. The van der Waals surface area contributed by atoms with Crippen molar-refractivity contribution in [3.8, 4) is 23.0 Å². The summed E-state index contributed by atoms with van der Waals surface area (Å²) in [6.45, 7) is 0.937. The summed E-state index contributed by atoms with van der Waals surface area (Å²) < 4.78 is 50.7. The van der Waals surface area contributed by atoms with E-state index < -0.39 is 10.0 Å². The average Bonchev–Trinajstić information content (AvgIpc) is 3.10. The van der Waals surface area contributed by atoms with E-state index in [0.717, 1.165) is 0 Å². The minimum atomic E-state index is -4.00. The van der Waals surface area contributed by atoms with Gasteiger partial charge in [0.25, 0.3) is 15.9 Å². The summed E-state index contributed by atoms with van der Waals surface area (Å²) in [4.78, 5) is 12.6. The Balaban J connectivity index is 1.62. The minimum absolute atomic E-state index is 0.000716. The number of carbonyl (C=O) groups is 1. The molecule has 3 aromatic carbocycles. The molecular formula is C24H24N2O7S. The van der Waals surface area contributed by atoms with Crippen molar-refractivity contribution in [3.63, 3.8) is 0 Å². The molecule has 0 atom stereocenters. The Morgan fingerprint density at radius 1 is 0.853 bits per heavy atom. The number of benzene rings is 3. The van der Waals surface area contributed by atoms with Crippen molar-refractivity contribution in [3.05, 3.63) is 66.2 Å². The number of ether oxygens (including phenoxy) is 4. The van der Waals surface area contributed by atoms with Gasteiger partial charge >= 0.3 is 0 Å². The summed E-state index contributed by atoms with van der Waals surface area (Å²) in [5.74, 6) is 0.961. The monoisotopic (exact) mass is 484 g/mol. The molecule has 4 rings (SSSR count). The lowest BCUT2D eigenvalue weighted by Crippen LogP contribution is -2.15. The van der Waals surface area contributed by atoms with Crippen LogP contribution < -0.4 is 29.0 Å². The number of hydrogen-bond donors (Lipinski definition) is 2. The molecule has 1 aliphatic heterocycles. The predicted molar refractivity (Wildman–Crippen MR) is 127 cm³/mol. The van der Waals surface area contributed by atoms with E-state index in [2.05, 4.69) is 10.0 Å². The number of carbonyl (C=O) groups excluding carboxylic acids is 1. The van der Waals surface area contributed by atoms with Crippen molar-refractivity contribution in [2.45, 2.75) is 11.3 Å². The first-order valence-corrected chi connectivity index (χ1v) is 11.9. The lowest BCUT2D eigenvalue weighted by Gasteiger charge is -2.17. The maximum atomic E-state index is 13.1. The maximum Gasteiger partial charge on any atom is 0.262 e. The lowest BCUT2D eigenvalue weighted by molar-refractivity contribution is 0.102. The third kappa shape index (κ3) is 5.01. The third-order valence-corrected chi connectivity index (χ3v) is 6.44. The number of fused-ring (bicyclic) bond motifs is 1. The van der Waals surface area contributed by atoms with Crippen LogP contribution in [0.3, 0.4) is 0 Å². The molecule has 1 aliphatic rings. The highest BCUT2D eigenvalue weighted by atomic mass is 32.2. The quantitative estimate of drug-likeness (QED) is 0.523. The van der Waals surface area contributed by atoms with Crippen molar-refractivity contribution in [2.24, 2.45) is 0 Å². The first-order chi connectivity index (χ1) is 16.4. The largest absolute Gasteiger partial charge is 0.494 e. The van der Waals surface area contributed by atoms with Gasteiger partial charge in [-0.15, -0.1) is 0 Å². The van der Waals surface area contributed by atoms with Crippen LogP contribution in [0, 0.1) is 0 Å². The van der Waals surface area contributed by atoms with Crippen molar-refractivity contribution in [1.29, 1.82) is 0 Å². The fraction of sp³-hybridized carbons (Fsp3) is 0.208. The van der Waals surface area contributed by atoms with Gasteiger partial charge in [0.15, 0.2) is 11.5 Å². The lowest BCUT2D eigenvalue weighted by atomic mass is 10.2. The van der Waals surface area contributed by atoms with E-state index >= 15 is 0 Å². The highest BCUT2D eigenvalue weighted by Crippen LogP contribution is 2.38. The average molecular weight is 485 g/mol. The summed E-state index contributed by atoms with van der Waals surface area (Å²) in [5.41, 5.74) is 0.929. The first kappa shape index (κ1) is 23.2. The van der Waals surface area contributed by atoms with Gasteiger partial charge in [0, 0.05) is 30.2 Å². The number of anilines is 2. The van der Waals surface area contributed by atoms with Crippen LogP contribution in [-0.4, -0.2) is 41.8 Å². The molecule has 0 saturated heterocycles. The minimum Gasteiger partial charge on any atom is -0.494 e. The maximum absolute atomic E-state index is 13.1. The normalized spacial score (nSPS) is 12.9. The van der Waals surface area contributed by atoms with Crippen LogP contribution >= 0.6 is 0 Å². The summed E-state index contributed by atoms with van der Waals surface area (Å²) >= 11 is 0. The van der Waals surface area contributed by atoms with Gasteiger partial charge in [-0.2, -0.15) is 0 Å². The summed E-state index contributed by atoms with van der Waals surface area (Å²) in [6.07, 6.45) is 0.708. The van der Waals surface area contributed by atoms with E-state index in [1.165, 1.54) is 38.5 Å². The molecule has 0 bridgehead atoms. The van der Waals surface area contributed by atoms with E-state index in [0.29, 0.717) is 42.4 Å². The summed E-state index contributed by atoms with van der Waals surface area (Å²) in [7, 11) is -1.19. The highest BCUT2D eigenvalue weighted by molar-refractivity contribution is 7.92. The van der Waals surface area contributed by atoms with Crippen molar-refractivity contribution in [2.75, 3.05) is 37.5 Å². The second-order valence-electron chi connectivity index (χ2n) is 7.34. The third-order valence-electron chi connectivity index (χ3n) is 5.08. The highest BCUT2D eigenvalue weighted by Gasteiger charge is 2.22. The molecule has 3 aromatic rings. The van der Waals surface area contributed by atoms with Crippen LogP contribution in [0.25, 0.3) is 0 Å². The van der Waals surface area contributed by atoms with Gasteiger partial charge in [0.05, 0.1) is 43.7 Å². The smallest absolute Gasteiger partial charge is 0.262 e. The zero-order valence-electron chi connectivity index (χ0n) is 18.7. The molecule has 1 amide bonds. The molecule has 34 heavy (non-hydrogen) atoms. The van der Waals surface area contributed by atoms with Gasteiger partial charge in [-0.3, -0.25) is 9.52 Å². The summed E-state index contributed by atoms with van der Waals surface area (Å²) in [6, 6.07) is 16.0. The number of nitrogens with one attached hydrogen (secondary N) is 2. The van der Waals surface area contributed by atoms with Gasteiger partial charge in [-0.05, 0) is 24.3 Å². The van der Waals surface area contributed by atoms with Crippen LogP contribution in [0.2, 0.25) is 0 Å². The Hall–Kier alpha value is -3.92. The molecule has 2 N–H and O–H groups in total. The van der Waals surface area contributed by atoms with Crippen LogP contribution in [0.1, 0.15) is 16.8 Å². The van der Waals surface area contributed by atoms with Crippen molar-refractivity contribution in [1.82, 2.24) is 0 Å². The Morgan fingerprint density at radius 2 is 1.50 bits per heavy atom. The Morgan fingerprint density at radius 3 is 2.21 bits per heavy atom. The predicted octanol–water partition coefficient (Wildman–Crippen LogP) is 3.92. The molecule has 10 heteroatoms. The van der Waals surface area contributed by atoms with Gasteiger partial charge in [-0.1, -0.05) is 18.2 Å². The fourth-order valence-electron chi connectivity index (χ4n) is 3.37. The Kier molecular flexibility index (Phi) is 6.78. The van der Waals surface area contributed by atoms with Crippen LogP contribution in [-0.2, 0) is 10.0 Å². The van der Waals surface area contributed by atoms with Crippen LogP contribution in [0.15, 0.2) is 65.6 Å². The van der Waals surface area contributed by atoms with Gasteiger partial charge < -0.3 is 24.3 Å². The fourth-order valence-corrected chi connectivity index (χ4v) is 4.45. The number of amides is 1. The number of hydrogen-bond acceptors (Lipinski definition) is 7. The van der Waals surface area contributed by atoms with Gasteiger partial charge in [-0.25, -0.2) is 8.42 Å². The molecule has 1 heterocycles. The van der Waals surface area contributed by atoms with E-state index in [1.807, 2.05) is 6.07 Å². The molecule has 0 spiro atoms. The van der Waals surface area contributed by atoms with E-state index in [-0.39, 0.29) is 28.0 Å². The molecule has 0 aromatic heterocycles. The number of methoxy groups -OCH3 is 2. The number of sulfonamides is 1. The van der Waals surface area contributed by atoms with E-state index in [4.69, 9.17) is 18.9 Å². The second-order valence-corrected chi connectivity index (χ2v) is 9.02. The second kappa shape index (κ2) is 9.92. The SMILES string of the molecule is COc1cc(NS(=O)(=O)c2ccc3c(c2)OCCCO3)c(OC)cc1NC(=O)c1ccccc1.